The Labute approximate surface area is 316 Å². The molecule has 1 fully saturated rings. The number of carbonyl (C=O) groups is 4. The molecule has 4 atom stereocenters. The van der Waals surface area contributed by atoms with Gasteiger partial charge in [0.25, 0.3) is 5.91 Å². The van der Waals surface area contributed by atoms with E-state index in [1.165, 1.54) is 15.9 Å². The Hall–Kier alpha value is -4.92. The molecule has 0 aliphatic carbocycles. The summed E-state index contributed by atoms with van der Waals surface area (Å²) < 4.78 is 22.1. The van der Waals surface area contributed by atoms with Crippen molar-refractivity contribution >= 4 is 23.6 Å². The highest BCUT2D eigenvalue weighted by atomic mass is 19.1. The number of nitrogens with zero attached hydrogens (tertiary/aromatic N) is 6. The van der Waals surface area contributed by atoms with Crippen molar-refractivity contribution in [2.75, 3.05) is 27.2 Å². The number of fused-ring (bicyclic) bond motifs is 4. The first-order valence-electron chi connectivity index (χ1n) is 19.1. The van der Waals surface area contributed by atoms with Gasteiger partial charge in [-0.15, -0.1) is 5.10 Å². The molecule has 292 valence electrons. The molecule has 0 saturated carbocycles. The van der Waals surface area contributed by atoms with Crippen molar-refractivity contribution in [2.24, 2.45) is 5.92 Å². The zero-order valence-corrected chi connectivity index (χ0v) is 31.8. The first kappa shape index (κ1) is 40.3. The van der Waals surface area contributed by atoms with Gasteiger partial charge in [0, 0.05) is 57.6 Å². The van der Waals surface area contributed by atoms with Crippen LogP contribution in [0.2, 0.25) is 0 Å². The molecule has 4 heterocycles. The minimum atomic E-state index is -1.00. The van der Waals surface area contributed by atoms with Crippen LogP contribution >= 0.6 is 0 Å². The van der Waals surface area contributed by atoms with E-state index < -0.39 is 35.8 Å². The predicted octanol–water partition coefficient (Wildman–Crippen LogP) is 3.26. The second-order valence-corrected chi connectivity index (χ2v) is 14.7. The number of rotatable bonds is 5. The number of hydrogen-bond acceptors (Lipinski definition) is 9. The largest absolute Gasteiger partial charge is 0.486 e. The van der Waals surface area contributed by atoms with E-state index in [0.717, 1.165) is 56.2 Å². The number of aryl methyl sites for hydroxylation is 1. The molecule has 2 aromatic heterocycles. The third-order valence-corrected chi connectivity index (χ3v) is 10.1. The van der Waals surface area contributed by atoms with E-state index in [1.54, 1.807) is 43.4 Å². The lowest BCUT2D eigenvalue weighted by molar-refractivity contribution is -0.147. The fourth-order valence-electron chi connectivity index (χ4n) is 7.09. The summed E-state index contributed by atoms with van der Waals surface area (Å²) >= 11 is 0. The number of pyridine rings is 1. The van der Waals surface area contributed by atoms with Crippen molar-refractivity contribution in [3.8, 4) is 5.75 Å². The van der Waals surface area contributed by atoms with E-state index in [-0.39, 0.29) is 61.1 Å². The maximum absolute atomic E-state index is 14.5. The molecule has 4 amide bonds. The van der Waals surface area contributed by atoms with E-state index in [2.05, 4.69) is 31.2 Å². The summed E-state index contributed by atoms with van der Waals surface area (Å²) in [5, 5.41) is 17.5. The van der Waals surface area contributed by atoms with Gasteiger partial charge in [-0.05, 0) is 62.4 Å². The van der Waals surface area contributed by atoms with Crippen LogP contribution in [-0.4, -0.2) is 105 Å². The van der Waals surface area contributed by atoms with E-state index in [1.807, 2.05) is 19.9 Å². The minimum Gasteiger partial charge on any atom is -0.486 e. The van der Waals surface area contributed by atoms with Crippen LogP contribution < -0.4 is 20.7 Å². The van der Waals surface area contributed by atoms with Gasteiger partial charge in [-0.25, -0.2) is 4.39 Å². The van der Waals surface area contributed by atoms with E-state index in [4.69, 9.17) is 4.74 Å². The minimum absolute atomic E-state index is 0.00165. The number of amides is 4. The SMILES string of the molecule is CN[C@H]1C[C@@H]2C(=O)N(C)[C@@H](Cc3cccnc3)C(=O)NCCCCCCCCn3cc(nn3)COc3cc(F)ccc3C(=O)N[C@H](CC(C)C)C(=O)N2C1. The monoisotopic (exact) mass is 747 g/mol. The topological polar surface area (TPSA) is 164 Å². The molecule has 5 rings (SSSR count). The lowest BCUT2D eigenvalue weighted by Crippen LogP contribution is -2.57. The van der Waals surface area contributed by atoms with Crippen LogP contribution in [0.25, 0.3) is 0 Å². The second kappa shape index (κ2) is 19.4. The molecular formula is C39H54FN9O5. The average molecular weight is 748 g/mol. The molecule has 3 aromatic rings. The number of halogens is 1. The third-order valence-electron chi connectivity index (χ3n) is 10.1. The molecule has 2 aliphatic heterocycles. The van der Waals surface area contributed by atoms with Crippen LogP contribution in [-0.2, 0) is 34.0 Å². The summed E-state index contributed by atoms with van der Waals surface area (Å²) in [7, 11) is 3.38. The molecule has 2 bridgehead atoms. The highest BCUT2D eigenvalue weighted by molar-refractivity contribution is 6.00. The van der Waals surface area contributed by atoms with Crippen molar-refractivity contribution in [1.82, 2.24) is 45.7 Å². The highest BCUT2D eigenvalue weighted by Crippen LogP contribution is 2.26. The molecule has 1 saturated heterocycles. The summed E-state index contributed by atoms with van der Waals surface area (Å²) in [6.07, 6.45) is 11.7. The highest BCUT2D eigenvalue weighted by Gasteiger charge is 2.44. The van der Waals surface area contributed by atoms with E-state index in [0.29, 0.717) is 25.2 Å². The second-order valence-electron chi connectivity index (χ2n) is 14.7. The van der Waals surface area contributed by atoms with Crippen molar-refractivity contribution < 1.29 is 28.3 Å². The van der Waals surface area contributed by atoms with Gasteiger partial charge in [0.05, 0.1) is 11.8 Å². The molecule has 3 N–H and O–H groups in total. The third kappa shape index (κ3) is 10.8. The smallest absolute Gasteiger partial charge is 0.255 e. The number of aromatic nitrogens is 4. The fourth-order valence-corrected chi connectivity index (χ4v) is 7.09. The maximum Gasteiger partial charge on any atom is 0.255 e. The number of carbonyl (C=O) groups excluding carboxylic acids is 4. The molecular weight excluding hydrogens is 693 g/mol. The van der Waals surface area contributed by atoms with Crippen molar-refractivity contribution in [3.05, 3.63) is 71.6 Å². The zero-order valence-electron chi connectivity index (χ0n) is 31.8. The number of ether oxygens (including phenoxy) is 1. The maximum atomic E-state index is 14.5. The molecule has 2 aliphatic rings. The van der Waals surface area contributed by atoms with Crippen molar-refractivity contribution in [1.29, 1.82) is 0 Å². The van der Waals surface area contributed by atoms with Crippen LogP contribution in [0.1, 0.15) is 86.8 Å². The number of hydrogen-bond donors (Lipinski definition) is 3. The standard InChI is InChI=1S/C39H54FN9O5/c1-26(2)18-32-38(52)49-24-29(41-3)21-34(49)39(53)47(4)33(19-27-12-11-15-42-22-27)37(51)43-16-9-7-5-6-8-10-17-48-23-30(45-46-48)25-54-35-20-28(40)13-14-31(35)36(50)44-32/h11-15,20,22-23,26,29,32-34,41H,5-10,16-19,21,24-25H2,1-4H3,(H,43,51)(H,44,50)/t29-,32+,33-,34+/m0/s1. The van der Waals surface area contributed by atoms with Gasteiger partial charge in [-0.3, -0.25) is 28.8 Å². The van der Waals surface area contributed by atoms with Gasteiger partial charge in [0.2, 0.25) is 17.7 Å². The Morgan fingerprint density at radius 1 is 1.04 bits per heavy atom. The summed E-state index contributed by atoms with van der Waals surface area (Å²) in [5.41, 5.74) is 1.38. The summed E-state index contributed by atoms with van der Waals surface area (Å²) in [6, 6.07) is 4.37. The van der Waals surface area contributed by atoms with Gasteiger partial charge in [-0.1, -0.05) is 50.8 Å². The van der Waals surface area contributed by atoms with Crippen LogP contribution in [0.5, 0.6) is 5.75 Å². The molecule has 0 spiro atoms. The summed E-state index contributed by atoms with van der Waals surface area (Å²) in [6.45, 7) is 5.23. The number of benzene rings is 1. The Morgan fingerprint density at radius 3 is 2.56 bits per heavy atom. The van der Waals surface area contributed by atoms with E-state index >= 15 is 0 Å². The molecule has 54 heavy (non-hydrogen) atoms. The molecule has 0 unspecified atom stereocenters. The van der Waals surface area contributed by atoms with Crippen LogP contribution in [0.15, 0.2) is 48.9 Å². The van der Waals surface area contributed by atoms with Crippen molar-refractivity contribution in [2.45, 2.75) is 109 Å². The summed E-state index contributed by atoms with van der Waals surface area (Å²) in [4.78, 5) is 63.7. The summed E-state index contributed by atoms with van der Waals surface area (Å²) in [5.74, 6) is -2.26. The average Bonchev–Trinajstić information content (AvgIpc) is 3.81. The van der Waals surface area contributed by atoms with Gasteiger partial charge in [0.1, 0.15) is 42.0 Å². The van der Waals surface area contributed by atoms with Gasteiger partial charge in [0.15, 0.2) is 0 Å². The predicted molar refractivity (Wildman–Crippen MR) is 200 cm³/mol. The van der Waals surface area contributed by atoms with Crippen LogP contribution in [0.3, 0.4) is 0 Å². The van der Waals surface area contributed by atoms with Crippen molar-refractivity contribution in [3.63, 3.8) is 0 Å². The molecule has 0 radical (unpaired) electrons. The quantitative estimate of drug-likeness (QED) is 0.356. The Balaban J connectivity index is 1.44. The van der Waals surface area contributed by atoms with Gasteiger partial charge >= 0.3 is 0 Å². The molecule has 15 heteroatoms. The molecule has 14 nitrogen and oxygen atoms in total. The lowest BCUT2D eigenvalue weighted by Gasteiger charge is -2.34. The number of likely N-dealkylation sites (N-methyl/N-ethyl adjacent to an activating group) is 2. The zero-order chi connectivity index (χ0) is 38.6. The molecule has 1 aromatic carbocycles. The van der Waals surface area contributed by atoms with Crippen LogP contribution in [0.4, 0.5) is 4.39 Å². The fraction of sp³-hybridized carbons (Fsp3) is 0.564. The van der Waals surface area contributed by atoms with Gasteiger partial charge in [-0.2, -0.15) is 0 Å². The Morgan fingerprint density at radius 2 is 1.81 bits per heavy atom. The first-order chi connectivity index (χ1) is 26.0. The lowest BCUT2D eigenvalue weighted by atomic mass is 10.0. The Kier molecular flexibility index (Phi) is 14.5. The first-order valence-corrected chi connectivity index (χ1v) is 19.1. The van der Waals surface area contributed by atoms with E-state index in [9.17, 15) is 23.6 Å². The number of nitrogens with one attached hydrogen (secondary N) is 3. The van der Waals surface area contributed by atoms with Crippen LogP contribution in [0, 0.1) is 11.7 Å². The normalized spacial score (nSPS) is 23.0. The Bertz CT molecular complexity index is 1720. The van der Waals surface area contributed by atoms with Gasteiger partial charge < -0.3 is 30.5 Å².